The van der Waals surface area contributed by atoms with E-state index in [1.807, 2.05) is 13.8 Å². The van der Waals surface area contributed by atoms with Crippen LogP contribution in [0.4, 0.5) is 0 Å². The first-order chi connectivity index (χ1) is 6.58. The van der Waals surface area contributed by atoms with Crippen molar-refractivity contribution in [2.75, 3.05) is 0 Å². The second kappa shape index (κ2) is 5.35. The molecular formula is C11H22N2O. The summed E-state index contributed by atoms with van der Waals surface area (Å²) in [6.45, 7) is 3.98. The van der Waals surface area contributed by atoms with Crippen molar-refractivity contribution in [3.63, 3.8) is 0 Å². The lowest BCUT2D eigenvalue weighted by molar-refractivity contribution is -0.123. The molecule has 0 radical (unpaired) electrons. The second-order valence-electron chi connectivity index (χ2n) is 4.68. The number of nitrogens with two attached hydrogens (primary N) is 1. The summed E-state index contributed by atoms with van der Waals surface area (Å²) in [4.78, 5) is 11.5. The smallest absolute Gasteiger partial charge is 0.220 e. The van der Waals surface area contributed by atoms with Crippen molar-refractivity contribution in [2.24, 2.45) is 11.7 Å². The highest BCUT2D eigenvalue weighted by Crippen LogP contribution is 2.29. The molecule has 3 heteroatoms. The highest BCUT2D eigenvalue weighted by atomic mass is 16.1. The normalized spacial score (nSPS) is 21.1. The first-order valence-electron chi connectivity index (χ1n) is 5.63. The van der Waals surface area contributed by atoms with Crippen LogP contribution in [0.2, 0.25) is 0 Å². The molecule has 14 heavy (non-hydrogen) atoms. The summed E-state index contributed by atoms with van der Waals surface area (Å²) in [5.41, 5.74) is 5.66. The van der Waals surface area contributed by atoms with Gasteiger partial charge in [0, 0.05) is 18.5 Å². The molecule has 1 aliphatic carbocycles. The Bertz CT molecular complexity index is 188. The van der Waals surface area contributed by atoms with Crippen LogP contribution in [0.5, 0.6) is 0 Å². The predicted molar refractivity (Wildman–Crippen MR) is 57.8 cm³/mol. The average Bonchev–Trinajstić information content (AvgIpc) is 1.94. The molecule has 1 saturated carbocycles. The molecule has 1 amide bonds. The van der Waals surface area contributed by atoms with Gasteiger partial charge in [-0.2, -0.15) is 0 Å². The van der Waals surface area contributed by atoms with Gasteiger partial charge in [-0.15, -0.1) is 0 Å². The van der Waals surface area contributed by atoms with Gasteiger partial charge in [-0.25, -0.2) is 0 Å². The lowest BCUT2D eigenvalue weighted by Crippen LogP contribution is -2.37. The van der Waals surface area contributed by atoms with E-state index in [1.54, 1.807) is 0 Å². The number of amides is 1. The van der Waals surface area contributed by atoms with Crippen LogP contribution in [-0.4, -0.2) is 18.0 Å². The quantitative estimate of drug-likeness (QED) is 0.702. The van der Waals surface area contributed by atoms with Gasteiger partial charge in [0.25, 0.3) is 0 Å². The Hall–Kier alpha value is -0.570. The molecule has 2 unspecified atom stereocenters. The molecule has 3 N–H and O–H groups in total. The fraction of sp³-hybridized carbons (Fsp3) is 0.909. The summed E-state index contributed by atoms with van der Waals surface area (Å²) in [7, 11) is 0. The molecule has 1 aliphatic rings. The average molecular weight is 198 g/mol. The molecular weight excluding hydrogens is 176 g/mol. The molecule has 1 fully saturated rings. The molecule has 1 rings (SSSR count). The minimum atomic E-state index is 0.161. The summed E-state index contributed by atoms with van der Waals surface area (Å²) in [6, 6.07) is 0.372. The maximum absolute atomic E-state index is 11.5. The van der Waals surface area contributed by atoms with Crippen molar-refractivity contribution in [3.8, 4) is 0 Å². The van der Waals surface area contributed by atoms with Gasteiger partial charge in [-0.1, -0.05) is 6.42 Å². The van der Waals surface area contributed by atoms with E-state index in [0.29, 0.717) is 12.3 Å². The molecule has 0 heterocycles. The van der Waals surface area contributed by atoms with Crippen LogP contribution in [0, 0.1) is 5.92 Å². The Balaban J connectivity index is 2.11. The molecule has 2 atom stereocenters. The maximum atomic E-state index is 11.5. The van der Waals surface area contributed by atoms with Crippen LogP contribution >= 0.6 is 0 Å². The summed E-state index contributed by atoms with van der Waals surface area (Å²) in [5.74, 6) is 0.848. The van der Waals surface area contributed by atoms with Gasteiger partial charge in [0.2, 0.25) is 5.91 Å². The van der Waals surface area contributed by atoms with Gasteiger partial charge in [0.05, 0.1) is 0 Å². The molecule has 0 aromatic heterocycles. The third-order valence-corrected chi connectivity index (χ3v) is 2.83. The number of rotatable bonds is 5. The SMILES string of the molecule is CC(N)CC(C)NC(=O)CC1CCC1. The van der Waals surface area contributed by atoms with Crippen LogP contribution in [0.1, 0.15) is 46.0 Å². The van der Waals surface area contributed by atoms with E-state index in [9.17, 15) is 4.79 Å². The zero-order chi connectivity index (χ0) is 10.6. The van der Waals surface area contributed by atoms with Crippen molar-refractivity contribution < 1.29 is 4.79 Å². The van der Waals surface area contributed by atoms with E-state index in [-0.39, 0.29) is 18.0 Å². The maximum Gasteiger partial charge on any atom is 0.220 e. The van der Waals surface area contributed by atoms with Crippen molar-refractivity contribution in [1.82, 2.24) is 5.32 Å². The lowest BCUT2D eigenvalue weighted by Gasteiger charge is -2.25. The Labute approximate surface area is 86.4 Å². The molecule has 0 bridgehead atoms. The molecule has 0 spiro atoms. The zero-order valence-electron chi connectivity index (χ0n) is 9.25. The predicted octanol–water partition coefficient (Wildman–Crippen LogP) is 1.42. The van der Waals surface area contributed by atoms with Gasteiger partial charge in [-0.3, -0.25) is 4.79 Å². The Kier molecular flexibility index (Phi) is 4.39. The molecule has 82 valence electrons. The van der Waals surface area contributed by atoms with E-state index in [0.717, 1.165) is 6.42 Å². The van der Waals surface area contributed by atoms with E-state index >= 15 is 0 Å². The highest BCUT2D eigenvalue weighted by Gasteiger charge is 2.21. The number of hydrogen-bond donors (Lipinski definition) is 2. The van der Waals surface area contributed by atoms with Crippen LogP contribution in [0.3, 0.4) is 0 Å². The number of hydrogen-bond acceptors (Lipinski definition) is 2. The standard InChI is InChI=1S/C11H22N2O/c1-8(12)6-9(2)13-11(14)7-10-4-3-5-10/h8-10H,3-7,12H2,1-2H3,(H,13,14). The monoisotopic (exact) mass is 198 g/mol. The lowest BCUT2D eigenvalue weighted by atomic mass is 9.83. The first-order valence-corrected chi connectivity index (χ1v) is 5.63. The first kappa shape index (κ1) is 11.5. The summed E-state index contributed by atoms with van der Waals surface area (Å²) in [6.07, 6.45) is 5.33. The fourth-order valence-electron chi connectivity index (χ4n) is 1.91. The van der Waals surface area contributed by atoms with Crippen LogP contribution < -0.4 is 11.1 Å². The van der Waals surface area contributed by atoms with Gasteiger partial charge < -0.3 is 11.1 Å². The summed E-state index contributed by atoms with van der Waals surface area (Å²) >= 11 is 0. The van der Waals surface area contributed by atoms with Gasteiger partial charge in [-0.05, 0) is 39.0 Å². The molecule has 0 aromatic carbocycles. The van der Waals surface area contributed by atoms with Crippen molar-refractivity contribution in [2.45, 2.75) is 58.0 Å². The summed E-state index contributed by atoms with van der Waals surface area (Å²) < 4.78 is 0. The second-order valence-corrected chi connectivity index (χ2v) is 4.68. The molecule has 0 aliphatic heterocycles. The van der Waals surface area contributed by atoms with E-state index in [4.69, 9.17) is 5.73 Å². The largest absolute Gasteiger partial charge is 0.354 e. The van der Waals surface area contributed by atoms with Gasteiger partial charge in [0.15, 0.2) is 0 Å². The molecule has 0 saturated heterocycles. The number of nitrogens with one attached hydrogen (secondary N) is 1. The fourth-order valence-corrected chi connectivity index (χ4v) is 1.91. The third kappa shape index (κ3) is 4.09. The van der Waals surface area contributed by atoms with Crippen LogP contribution in [0.15, 0.2) is 0 Å². The topological polar surface area (TPSA) is 55.1 Å². The van der Waals surface area contributed by atoms with Gasteiger partial charge in [0.1, 0.15) is 0 Å². The van der Waals surface area contributed by atoms with Crippen LogP contribution in [-0.2, 0) is 4.79 Å². The summed E-state index contributed by atoms with van der Waals surface area (Å²) in [5, 5.41) is 2.99. The molecule has 0 aromatic rings. The zero-order valence-corrected chi connectivity index (χ0v) is 9.25. The Morgan fingerprint density at radius 1 is 1.50 bits per heavy atom. The Morgan fingerprint density at radius 2 is 2.14 bits per heavy atom. The van der Waals surface area contributed by atoms with Crippen molar-refractivity contribution >= 4 is 5.91 Å². The van der Waals surface area contributed by atoms with Gasteiger partial charge >= 0.3 is 0 Å². The Morgan fingerprint density at radius 3 is 2.57 bits per heavy atom. The molecule has 3 nitrogen and oxygen atoms in total. The highest BCUT2D eigenvalue weighted by molar-refractivity contribution is 5.76. The minimum absolute atomic E-state index is 0.161. The van der Waals surface area contributed by atoms with Crippen LogP contribution in [0.25, 0.3) is 0 Å². The van der Waals surface area contributed by atoms with E-state index < -0.39 is 0 Å². The number of carbonyl (C=O) groups is 1. The minimum Gasteiger partial charge on any atom is -0.354 e. The number of carbonyl (C=O) groups excluding carboxylic acids is 1. The van der Waals surface area contributed by atoms with E-state index in [2.05, 4.69) is 5.32 Å². The van der Waals surface area contributed by atoms with E-state index in [1.165, 1.54) is 19.3 Å². The third-order valence-electron chi connectivity index (χ3n) is 2.83. The van der Waals surface area contributed by atoms with Crippen molar-refractivity contribution in [1.29, 1.82) is 0 Å². The van der Waals surface area contributed by atoms with Crippen molar-refractivity contribution in [3.05, 3.63) is 0 Å².